The van der Waals surface area contributed by atoms with Crippen molar-refractivity contribution in [1.82, 2.24) is 19.7 Å². The van der Waals surface area contributed by atoms with Gasteiger partial charge in [0.25, 0.3) is 0 Å². The Morgan fingerprint density at radius 1 is 1.35 bits per heavy atom. The zero-order valence-corrected chi connectivity index (χ0v) is 12.6. The van der Waals surface area contributed by atoms with Crippen molar-refractivity contribution < 1.29 is 9.59 Å². The number of nitrogens with zero attached hydrogens (tertiary/aromatic N) is 4. The molecular formula is C15H18N6O2. The molecule has 1 aliphatic rings. The van der Waals surface area contributed by atoms with Crippen LogP contribution in [0.1, 0.15) is 12.8 Å². The number of pyridine rings is 1. The number of hydrogen-bond donors (Lipinski definition) is 2. The molecule has 2 aromatic heterocycles. The molecule has 2 aromatic rings. The van der Waals surface area contributed by atoms with E-state index in [0.717, 1.165) is 12.8 Å². The van der Waals surface area contributed by atoms with Gasteiger partial charge in [-0.05, 0) is 31.0 Å². The molecule has 1 unspecified atom stereocenters. The van der Waals surface area contributed by atoms with Gasteiger partial charge in [0.15, 0.2) is 5.82 Å². The van der Waals surface area contributed by atoms with Gasteiger partial charge in [0, 0.05) is 25.5 Å². The van der Waals surface area contributed by atoms with Gasteiger partial charge in [-0.15, -0.1) is 0 Å². The number of nitrogens with two attached hydrogens (primary N) is 1. The number of anilines is 1. The summed E-state index contributed by atoms with van der Waals surface area (Å²) in [7, 11) is 0. The fourth-order valence-electron chi connectivity index (χ4n) is 2.64. The van der Waals surface area contributed by atoms with E-state index in [1.165, 1.54) is 4.90 Å². The molecule has 0 aliphatic carbocycles. The van der Waals surface area contributed by atoms with E-state index in [1.807, 2.05) is 6.07 Å². The van der Waals surface area contributed by atoms with Crippen LogP contribution in [0.25, 0.3) is 5.82 Å². The molecule has 120 valence electrons. The molecule has 8 nitrogen and oxygen atoms in total. The summed E-state index contributed by atoms with van der Waals surface area (Å²) in [5.74, 6) is 0.303. The number of rotatable bonds is 3. The van der Waals surface area contributed by atoms with E-state index in [2.05, 4.69) is 15.4 Å². The summed E-state index contributed by atoms with van der Waals surface area (Å²) in [5.41, 5.74) is 5.90. The van der Waals surface area contributed by atoms with Crippen LogP contribution in [0.3, 0.4) is 0 Å². The largest absolute Gasteiger partial charge is 0.351 e. The first-order valence-electron chi connectivity index (χ1n) is 7.45. The van der Waals surface area contributed by atoms with Crippen molar-refractivity contribution in [2.45, 2.75) is 12.8 Å². The van der Waals surface area contributed by atoms with Gasteiger partial charge >= 0.3 is 6.03 Å². The molecule has 3 amide bonds. The molecule has 3 rings (SSSR count). The number of likely N-dealkylation sites (tertiary alicyclic amines) is 1. The number of carbonyl (C=O) groups is 2. The van der Waals surface area contributed by atoms with E-state index < -0.39 is 6.03 Å². The summed E-state index contributed by atoms with van der Waals surface area (Å²) in [4.78, 5) is 29.3. The quantitative estimate of drug-likeness (QED) is 0.881. The first kappa shape index (κ1) is 15.0. The van der Waals surface area contributed by atoms with Crippen LogP contribution in [0.5, 0.6) is 0 Å². The Balaban J connectivity index is 1.62. The zero-order chi connectivity index (χ0) is 16.2. The number of piperidine rings is 1. The minimum absolute atomic E-state index is 0.121. The topological polar surface area (TPSA) is 106 Å². The number of aromatic nitrogens is 3. The third-order valence-corrected chi connectivity index (χ3v) is 3.86. The first-order chi connectivity index (χ1) is 11.1. The lowest BCUT2D eigenvalue weighted by molar-refractivity contribution is -0.121. The van der Waals surface area contributed by atoms with Crippen molar-refractivity contribution in [1.29, 1.82) is 0 Å². The average Bonchev–Trinajstić information content (AvgIpc) is 3.10. The molecule has 1 saturated heterocycles. The molecule has 0 radical (unpaired) electrons. The third kappa shape index (κ3) is 3.47. The summed E-state index contributed by atoms with van der Waals surface area (Å²) in [6.07, 6.45) is 6.57. The van der Waals surface area contributed by atoms with E-state index in [-0.39, 0.29) is 11.8 Å². The lowest BCUT2D eigenvalue weighted by Gasteiger charge is -2.30. The lowest BCUT2D eigenvalue weighted by Crippen LogP contribution is -2.46. The Labute approximate surface area is 133 Å². The molecule has 3 heterocycles. The van der Waals surface area contributed by atoms with Gasteiger partial charge in [0.1, 0.15) is 0 Å². The maximum atomic E-state index is 12.3. The molecular weight excluding hydrogens is 296 g/mol. The summed E-state index contributed by atoms with van der Waals surface area (Å²) in [5, 5.41) is 6.93. The predicted molar refractivity (Wildman–Crippen MR) is 83.9 cm³/mol. The Bertz CT molecular complexity index is 683. The Kier molecular flexibility index (Phi) is 4.22. The number of nitrogens with one attached hydrogen (secondary N) is 1. The Morgan fingerprint density at radius 2 is 2.22 bits per heavy atom. The predicted octanol–water partition coefficient (Wildman–Crippen LogP) is 0.996. The molecule has 0 spiro atoms. The highest BCUT2D eigenvalue weighted by Crippen LogP contribution is 2.18. The highest BCUT2D eigenvalue weighted by Gasteiger charge is 2.27. The molecule has 8 heteroatoms. The minimum Gasteiger partial charge on any atom is -0.351 e. The summed E-state index contributed by atoms with van der Waals surface area (Å²) in [6, 6.07) is 4.88. The van der Waals surface area contributed by atoms with Crippen LogP contribution in [0, 0.1) is 5.92 Å². The van der Waals surface area contributed by atoms with Crippen molar-refractivity contribution in [2.24, 2.45) is 11.7 Å². The molecule has 0 saturated carbocycles. The van der Waals surface area contributed by atoms with E-state index >= 15 is 0 Å². The van der Waals surface area contributed by atoms with Gasteiger partial charge in [-0.25, -0.2) is 14.5 Å². The van der Waals surface area contributed by atoms with Gasteiger partial charge in [-0.1, -0.05) is 0 Å². The number of urea groups is 1. The standard InChI is InChI=1S/C15H18N6O2/c16-15(23)20-7-1-3-11(10-20)14(22)19-12-4-5-13(17-9-12)21-8-2-6-18-21/h2,4-6,8-9,11H,1,3,7,10H2,(H2,16,23)(H,19,22). The van der Waals surface area contributed by atoms with Gasteiger partial charge < -0.3 is 16.0 Å². The monoisotopic (exact) mass is 314 g/mol. The van der Waals surface area contributed by atoms with Crippen molar-refractivity contribution in [3.05, 3.63) is 36.8 Å². The van der Waals surface area contributed by atoms with Crippen LogP contribution >= 0.6 is 0 Å². The van der Waals surface area contributed by atoms with Crippen LogP contribution in [0.2, 0.25) is 0 Å². The highest BCUT2D eigenvalue weighted by atomic mass is 16.2. The van der Waals surface area contributed by atoms with Crippen LogP contribution in [0.15, 0.2) is 36.8 Å². The van der Waals surface area contributed by atoms with Crippen molar-refractivity contribution in [3.8, 4) is 5.82 Å². The van der Waals surface area contributed by atoms with Crippen LogP contribution in [-0.4, -0.2) is 44.7 Å². The molecule has 0 aromatic carbocycles. The Hall–Kier alpha value is -2.90. The van der Waals surface area contributed by atoms with Crippen molar-refractivity contribution >= 4 is 17.6 Å². The van der Waals surface area contributed by atoms with Crippen LogP contribution in [-0.2, 0) is 4.79 Å². The van der Waals surface area contributed by atoms with Crippen molar-refractivity contribution in [2.75, 3.05) is 18.4 Å². The smallest absolute Gasteiger partial charge is 0.314 e. The second-order valence-electron chi connectivity index (χ2n) is 5.47. The molecule has 23 heavy (non-hydrogen) atoms. The Morgan fingerprint density at radius 3 is 2.87 bits per heavy atom. The lowest BCUT2D eigenvalue weighted by atomic mass is 9.97. The second-order valence-corrected chi connectivity index (χ2v) is 5.47. The van der Waals surface area contributed by atoms with Gasteiger partial charge in [-0.3, -0.25) is 4.79 Å². The SMILES string of the molecule is NC(=O)N1CCCC(C(=O)Nc2ccc(-n3cccn3)nc2)C1. The fraction of sp³-hybridized carbons (Fsp3) is 0.333. The second kappa shape index (κ2) is 6.47. The van der Waals surface area contributed by atoms with E-state index in [0.29, 0.717) is 24.6 Å². The van der Waals surface area contributed by atoms with Crippen LogP contribution < -0.4 is 11.1 Å². The molecule has 3 N–H and O–H groups in total. The van der Waals surface area contributed by atoms with Crippen LogP contribution in [0.4, 0.5) is 10.5 Å². The van der Waals surface area contributed by atoms with Crippen molar-refractivity contribution in [3.63, 3.8) is 0 Å². The van der Waals surface area contributed by atoms with Gasteiger partial charge in [-0.2, -0.15) is 5.10 Å². The molecule has 1 aliphatic heterocycles. The van der Waals surface area contributed by atoms with E-state index in [1.54, 1.807) is 35.4 Å². The average molecular weight is 314 g/mol. The number of hydrogen-bond acceptors (Lipinski definition) is 4. The summed E-state index contributed by atoms with van der Waals surface area (Å²) >= 11 is 0. The van der Waals surface area contributed by atoms with E-state index in [9.17, 15) is 9.59 Å². The fourth-order valence-corrected chi connectivity index (χ4v) is 2.64. The molecule has 1 atom stereocenters. The number of primary amides is 1. The zero-order valence-electron chi connectivity index (χ0n) is 12.6. The third-order valence-electron chi connectivity index (χ3n) is 3.86. The van der Waals surface area contributed by atoms with Gasteiger partial charge in [0.05, 0.1) is 17.8 Å². The normalized spacial score (nSPS) is 17.7. The molecule has 0 bridgehead atoms. The minimum atomic E-state index is -0.479. The number of carbonyl (C=O) groups excluding carboxylic acids is 2. The highest BCUT2D eigenvalue weighted by molar-refractivity contribution is 5.93. The summed E-state index contributed by atoms with van der Waals surface area (Å²) in [6.45, 7) is 0.971. The number of amides is 3. The summed E-state index contributed by atoms with van der Waals surface area (Å²) < 4.78 is 1.64. The maximum Gasteiger partial charge on any atom is 0.314 e. The first-order valence-corrected chi connectivity index (χ1v) is 7.45. The van der Waals surface area contributed by atoms with E-state index in [4.69, 9.17) is 5.73 Å². The molecule has 1 fully saturated rings. The van der Waals surface area contributed by atoms with Gasteiger partial charge in [0.2, 0.25) is 5.91 Å². The maximum absolute atomic E-state index is 12.3.